The lowest BCUT2D eigenvalue weighted by molar-refractivity contribution is 0.0512. The second-order valence-corrected chi connectivity index (χ2v) is 7.36. The number of hydrogen-bond acceptors (Lipinski definition) is 6. The van der Waals surface area contributed by atoms with Gasteiger partial charge in [0.05, 0.1) is 12.7 Å². The van der Waals surface area contributed by atoms with Crippen LogP contribution in [0.4, 0.5) is 0 Å². The molecule has 0 aromatic heterocycles. The zero-order chi connectivity index (χ0) is 18.4. The molecule has 2 fully saturated rings. The molecule has 2 heterocycles. The second-order valence-electron chi connectivity index (χ2n) is 7.36. The molecule has 2 aliphatic rings. The predicted molar refractivity (Wildman–Crippen MR) is 103 cm³/mol. The fourth-order valence-electron chi connectivity index (χ4n) is 3.80. The van der Waals surface area contributed by atoms with Crippen LogP contribution in [0.25, 0.3) is 0 Å². The van der Waals surface area contributed by atoms with Gasteiger partial charge in [-0.1, -0.05) is 12.1 Å². The van der Waals surface area contributed by atoms with Gasteiger partial charge in [-0.05, 0) is 31.7 Å². The van der Waals surface area contributed by atoms with Gasteiger partial charge in [0, 0.05) is 58.5 Å². The number of hydrogen-bond donors (Lipinski definition) is 1. The highest BCUT2D eigenvalue weighted by Gasteiger charge is 2.36. The van der Waals surface area contributed by atoms with Crippen LogP contribution >= 0.6 is 0 Å². The largest absolute Gasteiger partial charge is 0.491 e. The summed E-state index contributed by atoms with van der Waals surface area (Å²) in [4.78, 5) is 7.17. The third kappa shape index (κ3) is 5.41. The van der Waals surface area contributed by atoms with Crippen LogP contribution in [0.5, 0.6) is 5.75 Å². The summed E-state index contributed by atoms with van der Waals surface area (Å²) in [6.45, 7) is 10.8. The summed E-state index contributed by atoms with van der Waals surface area (Å²) in [7, 11) is 2.17. The number of piperazine rings is 1. The van der Waals surface area contributed by atoms with E-state index < -0.39 is 0 Å². The zero-order valence-corrected chi connectivity index (χ0v) is 16.1. The van der Waals surface area contributed by atoms with Crippen molar-refractivity contribution >= 4 is 0 Å². The maximum absolute atomic E-state index is 10.5. The normalized spacial score (nSPS) is 25.7. The summed E-state index contributed by atoms with van der Waals surface area (Å²) in [6, 6.07) is 8.54. The number of aliphatic hydroxyl groups excluding tert-OH is 1. The summed E-state index contributed by atoms with van der Waals surface area (Å²) in [6.07, 6.45) is -0.250. The molecule has 1 aromatic rings. The van der Waals surface area contributed by atoms with Gasteiger partial charge in [0.15, 0.2) is 0 Å². The summed E-state index contributed by atoms with van der Waals surface area (Å²) in [5.41, 5.74) is 1.26. The molecule has 6 nitrogen and oxygen atoms in total. The Morgan fingerprint density at radius 3 is 2.46 bits per heavy atom. The number of β-amino-alcohol motifs (C(OH)–C–C–N with tert-alkyl or cyclic N) is 1. The van der Waals surface area contributed by atoms with Crippen LogP contribution in [-0.4, -0.2) is 98.1 Å². The third-order valence-electron chi connectivity index (χ3n) is 5.37. The van der Waals surface area contributed by atoms with E-state index in [1.807, 2.05) is 19.1 Å². The van der Waals surface area contributed by atoms with E-state index in [1.165, 1.54) is 5.56 Å². The topological polar surface area (TPSA) is 48.4 Å². The summed E-state index contributed by atoms with van der Waals surface area (Å²) in [5, 5.41) is 10.5. The molecule has 2 atom stereocenters. The molecule has 6 heteroatoms. The maximum Gasteiger partial charge on any atom is 0.119 e. The number of likely N-dealkylation sites (tertiary alicyclic amines) is 1. The van der Waals surface area contributed by atoms with Crippen LogP contribution in [0, 0.1) is 0 Å². The van der Waals surface area contributed by atoms with E-state index >= 15 is 0 Å². The highest BCUT2D eigenvalue weighted by molar-refractivity contribution is 5.27. The standard InChI is InChI=1S/C20H33N3O3/c1-3-25-12-13-26-18-6-4-17(5-7-18)14-22-15-19(20(24)16-22)23-10-8-21(2)9-11-23/h4-7,19-20,24H,3,8-16H2,1-2H3/t19-,20+/m1/s1. The molecule has 0 unspecified atom stereocenters. The minimum atomic E-state index is -0.250. The van der Waals surface area contributed by atoms with Gasteiger partial charge in [0.1, 0.15) is 12.4 Å². The molecule has 0 aliphatic carbocycles. The fraction of sp³-hybridized carbons (Fsp3) is 0.700. The van der Waals surface area contributed by atoms with Crippen molar-refractivity contribution in [2.75, 3.05) is 66.1 Å². The zero-order valence-electron chi connectivity index (χ0n) is 16.1. The predicted octanol–water partition coefficient (Wildman–Crippen LogP) is 0.894. The van der Waals surface area contributed by atoms with E-state index in [1.54, 1.807) is 0 Å². The molecule has 0 bridgehead atoms. The fourth-order valence-corrected chi connectivity index (χ4v) is 3.80. The average Bonchev–Trinajstić information content (AvgIpc) is 3.01. The van der Waals surface area contributed by atoms with E-state index in [-0.39, 0.29) is 12.1 Å². The Labute approximate surface area is 157 Å². The highest BCUT2D eigenvalue weighted by atomic mass is 16.5. The van der Waals surface area contributed by atoms with Crippen molar-refractivity contribution in [1.82, 2.24) is 14.7 Å². The molecule has 2 saturated heterocycles. The molecule has 0 amide bonds. The van der Waals surface area contributed by atoms with Crippen molar-refractivity contribution < 1.29 is 14.6 Å². The monoisotopic (exact) mass is 363 g/mol. The minimum absolute atomic E-state index is 0.250. The van der Waals surface area contributed by atoms with E-state index in [9.17, 15) is 5.11 Å². The van der Waals surface area contributed by atoms with Crippen molar-refractivity contribution in [1.29, 1.82) is 0 Å². The third-order valence-corrected chi connectivity index (χ3v) is 5.37. The molecule has 0 saturated carbocycles. The van der Waals surface area contributed by atoms with Crippen LogP contribution in [0.15, 0.2) is 24.3 Å². The molecule has 0 radical (unpaired) electrons. The molecule has 3 rings (SSSR count). The van der Waals surface area contributed by atoms with Gasteiger partial charge in [-0.25, -0.2) is 0 Å². The molecule has 146 valence electrons. The van der Waals surface area contributed by atoms with Gasteiger partial charge >= 0.3 is 0 Å². The van der Waals surface area contributed by atoms with E-state index in [0.717, 1.165) is 58.2 Å². The summed E-state index contributed by atoms with van der Waals surface area (Å²) < 4.78 is 10.9. The Hall–Kier alpha value is -1.18. The molecular formula is C20H33N3O3. The van der Waals surface area contributed by atoms with Crippen LogP contribution in [0.3, 0.4) is 0 Å². The lowest BCUT2D eigenvalue weighted by atomic mass is 10.1. The van der Waals surface area contributed by atoms with Crippen molar-refractivity contribution in [3.8, 4) is 5.75 Å². The Kier molecular flexibility index (Phi) is 7.28. The second kappa shape index (κ2) is 9.67. The van der Waals surface area contributed by atoms with Crippen molar-refractivity contribution in [2.45, 2.75) is 25.6 Å². The number of rotatable bonds is 8. The van der Waals surface area contributed by atoms with Gasteiger partial charge in [-0.3, -0.25) is 9.80 Å². The van der Waals surface area contributed by atoms with Crippen molar-refractivity contribution in [3.63, 3.8) is 0 Å². The molecular weight excluding hydrogens is 330 g/mol. The molecule has 2 aliphatic heterocycles. The number of ether oxygens (including phenoxy) is 2. The van der Waals surface area contributed by atoms with Crippen molar-refractivity contribution in [2.24, 2.45) is 0 Å². The van der Waals surface area contributed by atoms with E-state index in [0.29, 0.717) is 13.2 Å². The van der Waals surface area contributed by atoms with Crippen molar-refractivity contribution in [3.05, 3.63) is 29.8 Å². The Balaban J connectivity index is 1.45. The number of benzene rings is 1. The minimum Gasteiger partial charge on any atom is -0.491 e. The lowest BCUT2D eigenvalue weighted by Gasteiger charge is -2.37. The molecule has 1 aromatic carbocycles. The Bertz CT molecular complexity index is 532. The van der Waals surface area contributed by atoms with Crippen LogP contribution in [0.2, 0.25) is 0 Å². The number of aliphatic hydroxyl groups is 1. The smallest absolute Gasteiger partial charge is 0.119 e. The first-order chi connectivity index (χ1) is 12.7. The van der Waals surface area contributed by atoms with Crippen LogP contribution < -0.4 is 4.74 Å². The first kappa shape index (κ1) is 19.6. The van der Waals surface area contributed by atoms with Gasteiger partial charge in [-0.2, -0.15) is 0 Å². The SMILES string of the molecule is CCOCCOc1ccc(CN2C[C@@H](N3CCN(C)CC3)[C@@H](O)C2)cc1. The number of likely N-dealkylation sites (N-methyl/N-ethyl adjacent to an activating group) is 1. The maximum atomic E-state index is 10.5. The van der Waals surface area contributed by atoms with Crippen LogP contribution in [0.1, 0.15) is 12.5 Å². The Morgan fingerprint density at radius 1 is 1.04 bits per heavy atom. The Morgan fingerprint density at radius 2 is 1.77 bits per heavy atom. The number of nitrogens with zero attached hydrogens (tertiary/aromatic N) is 3. The summed E-state index contributed by atoms with van der Waals surface area (Å²) in [5.74, 6) is 0.880. The highest BCUT2D eigenvalue weighted by Crippen LogP contribution is 2.21. The van der Waals surface area contributed by atoms with Gasteiger partial charge in [0.25, 0.3) is 0 Å². The average molecular weight is 364 g/mol. The molecule has 0 spiro atoms. The first-order valence-electron chi connectivity index (χ1n) is 9.78. The van der Waals surface area contributed by atoms with Gasteiger partial charge in [-0.15, -0.1) is 0 Å². The van der Waals surface area contributed by atoms with Gasteiger partial charge < -0.3 is 19.5 Å². The quantitative estimate of drug-likeness (QED) is 0.693. The van der Waals surface area contributed by atoms with Gasteiger partial charge in [0.2, 0.25) is 0 Å². The first-order valence-corrected chi connectivity index (χ1v) is 9.78. The molecule has 26 heavy (non-hydrogen) atoms. The summed E-state index contributed by atoms with van der Waals surface area (Å²) >= 11 is 0. The molecule has 1 N–H and O–H groups in total. The lowest BCUT2D eigenvalue weighted by Crippen LogP contribution is -2.52. The van der Waals surface area contributed by atoms with E-state index in [4.69, 9.17) is 9.47 Å². The van der Waals surface area contributed by atoms with Crippen LogP contribution in [-0.2, 0) is 11.3 Å². The van der Waals surface area contributed by atoms with E-state index in [2.05, 4.69) is 33.9 Å².